The average Bonchev–Trinajstić information content (AvgIpc) is 3.13. The van der Waals surface area contributed by atoms with Gasteiger partial charge in [-0.1, -0.05) is 25.1 Å². The van der Waals surface area contributed by atoms with E-state index in [0.29, 0.717) is 0 Å². The minimum atomic E-state index is 0.218. The number of rotatable bonds is 5. The number of carbonyl (C=O) groups excluding carboxylic acids is 1. The van der Waals surface area contributed by atoms with Crippen LogP contribution in [0.25, 0.3) is 10.1 Å². The van der Waals surface area contributed by atoms with E-state index >= 15 is 0 Å². The minimum absolute atomic E-state index is 0.218. The fourth-order valence-corrected chi connectivity index (χ4v) is 3.43. The highest BCUT2D eigenvalue weighted by atomic mass is 32.1. The van der Waals surface area contributed by atoms with Gasteiger partial charge in [-0.05, 0) is 42.7 Å². The molecule has 0 aliphatic heterocycles. The van der Waals surface area contributed by atoms with Gasteiger partial charge >= 0.3 is 0 Å². The van der Waals surface area contributed by atoms with Crippen LogP contribution in [0.3, 0.4) is 0 Å². The smallest absolute Gasteiger partial charge is 0.263 e. The second-order valence-electron chi connectivity index (χ2n) is 5.34. The van der Waals surface area contributed by atoms with Gasteiger partial charge in [0.15, 0.2) is 0 Å². The van der Waals surface area contributed by atoms with Gasteiger partial charge in [-0.2, -0.15) is 0 Å². The lowest BCUT2D eigenvalue weighted by atomic mass is 10.2. The molecule has 1 aliphatic rings. The fraction of sp³-hybridized carbons (Fsp3) is 0.438. The van der Waals surface area contributed by atoms with E-state index in [4.69, 9.17) is 0 Å². The molecule has 1 heterocycles. The Balaban J connectivity index is 1.83. The maximum absolute atomic E-state index is 12.6. The molecule has 19 heavy (non-hydrogen) atoms. The molecule has 2 nitrogen and oxygen atoms in total. The van der Waals surface area contributed by atoms with Gasteiger partial charge in [0.25, 0.3) is 5.91 Å². The lowest BCUT2D eigenvalue weighted by molar-refractivity contribution is 0.0752. The van der Waals surface area contributed by atoms with E-state index in [-0.39, 0.29) is 5.91 Å². The van der Waals surface area contributed by atoms with Crippen molar-refractivity contribution in [1.29, 1.82) is 0 Å². The summed E-state index contributed by atoms with van der Waals surface area (Å²) in [4.78, 5) is 15.5. The molecule has 100 valence electrons. The van der Waals surface area contributed by atoms with E-state index in [9.17, 15) is 4.79 Å². The minimum Gasteiger partial charge on any atom is -0.338 e. The maximum atomic E-state index is 12.6. The van der Waals surface area contributed by atoms with E-state index in [2.05, 4.69) is 19.1 Å². The van der Waals surface area contributed by atoms with Gasteiger partial charge in [-0.3, -0.25) is 4.79 Å². The largest absolute Gasteiger partial charge is 0.338 e. The van der Waals surface area contributed by atoms with Crippen LogP contribution in [0.5, 0.6) is 0 Å². The molecule has 0 unspecified atom stereocenters. The number of hydrogen-bond donors (Lipinski definition) is 0. The molecule has 0 atom stereocenters. The molecule has 0 bridgehead atoms. The summed E-state index contributed by atoms with van der Waals surface area (Å²) in [7, 11) is 0. The van der Waals surface area contributed by atoms with Crippen molar-refractivity contribution in [2.45, 2.75) is 26.2 Å². The molecule has 1 aliphatic carbocycles. The van der Waals surface area contributed by atoms with Gasteiger partial charge in [0, 0.05) is 17.8 Å². The van der Waals surface area contributed by atoms with Crippen molar-refractivity contribution >= 4 is 27.3 Å². The van der Waals surface area contributed by atoms with E-state index in [1.165, 1.54) is 22.9 Å². The van der Waals surface area contributed by atoms with Crippen LogP contribution in [0.2, 0.25) is 0 Å². The Hall–Kier alpha value is -1.35. The summed E-state index contributed by atoms with van der Waals surface area (Å²) < 4.78 is 1.20. The van der Waals surface area contributed by atoms with Crippen molar-refractivity contribution in [1.82, 2.24) is 4.90 Å². The molecule has 0 saturated heterocycles. The fourth-order valence-electron chi connectivity index (χ4n) is 2.40. The molecule has 1 aromatic carbocycles. The third-order valence-corrected chi connectivity index (χ3v) is 4.70. The van der Waals surface area contributed by atoms with Crippen LogP contribution in [0.1, 0.15) is 35.9 Å². The summed E-state index contributed by atoms with van der Waals surface area (Å²) in [5.74, 6) is 0.972. The molecule has 3 heteroatoms. The number of fused-ring (bicyclic) bond motifs is 1. The normalized spacial score (nSPS) is 14.8. The van der Waals surface area contributed by atoms with E-state index in [1.54, 1.807) is 11.3 Å². The molecule has 1 amide bonds. The van der Waals surface area contributed by atoms with Gasteiger partial charge < -0.3 is 4.90 Å². The Bertz CT molecular complexity index is 552. The summed E-state index contributed by atoms with van der Waals surface area (Å²) in [6, 6.07) is 10.3. The van der Waals surface area contributed by atoms with Crippen LogP contribution in [0, 0.1) is 5.92 Å². The average molecular weight is 273 g/mol. The second-order valence-corrected chi connectivity index (χ2v) is 6.43. The molecular formula is C16H19NOS. The van der Waals surface area contributed by atoms with Gasteiger partial charge in [-0.15, -0.1) is 11.3 Å². The summed E-state index contributed by atoms with van der Waals surface area (Å²) in [6.45, 7) is 3.96. The van der Waals surface area contributed by atoms with Gasteiger partial charge in [0.2, 0.25) is 0 Å². The van der Waals surface area contributed by atoms with Crippen LogP contribution in [-0.4, -0.2) is 23.9 Å². The topological polar surface area (TPSA) is 20.3 Å². The van der Waals surface area contributed by atoms with Crippen LogP contribution in [-0.2, 0) is 0 Å². The summed E-state index contributed by atoms with van der Waals surface area (Å²) in [5.41, 5.74) is 0. The molecule has 1 aromatic heterocycles. The molecule has 0 spiro atoms. The van der Waals surface area contributed by atoms with Crippen molar-refractivity contribution in [3.63, 3.8) is 0 Å². The highest BCUT2D eigenvalue weighted by Gasteiger charge is 2.27. The van der Waals surface area contributed by atoms with Crippen LogP contribution < -0.4 is 0 Å². The molecule has 1 fully saturated rings. The predicted molar refractivity (Wildman–Crippen MR) is 80.7 cm³/mol. The third-order valence-electron chi connectivity index (χ3n) is 3.59. The Morgan fingerprint density at radius 1 is 1.37 bits per heavy atom. The first kappa shape index (κ1) is 12.7. The van der Waals surface area contributed by atoms with Crippen LogP contribution >= 0.6 is 11.3 Å². The highest BCUT2D eigenvalue weighted by molar-refractivity contribution is 7.20. The Morgan fingerprint density at radius 3 is 2.84 bits per heavy atom. The lowest BCUT2D eigenvalue weighted by Gasteiger charge is -2.21. The van der Waals surface area contributed by atoms with Crippen molar-refractivity contribution in [2.24, 2.45) is 5.92 Å². The standard InChI is InChI=1S/C16H19NOS/c1-2-9-17(11-12-7-8-12)16(18)15-10-13-5-3-4-6-14(13)19-15/h3-6,10,12H,2,7-9,11H2,1H3. The zero-order chi connectivity index (χ0) is 13.2. The Labute approximate surface area is 118 Å². The summed E-state index contributed by atoms with van der Waals surface area (Å²) in [6.07, 6.45) is 3.61. The predicted octanol–water partition coefficient (Wildman–Crippen LogP) is 4.16. The van der Waals surface area contributed by atoms with Crippen molar-refractivity contribution in [3.05, 3.63) is 35.2 Å². The third kappa shape index (κ3) is 2.81. The molecule has 3 rings (SSSR count). The van der Waals surface area contributed by atoms with Crippen molar-refractivity contribution < 1.29 is 4.79 Å². The maximum Gasteiger partial charge on any atom is 0.263 e. The lowest BCUT2D eigenvalue weighted by Crippen LogP contribution is -2.33. The van der Waals surface area contributed by atoms with Gasteiger partial charge in [0.1, 0.15) is 0 Å². The molecule has 0 N–H and O–H groups in total. The van der Waals surface area contributed by atoms with Gasteiger partial charge in [-0.25, -0.2) is 0 Å². The summed E-state index contributed by atoms with van der Waals surface area (Å²) >= 11 is 1.62. The van der Waals surface area contributed by atoms with Gasteiger partial charge in [0.05, 0.1) is 4.88 Å². The number of carbonyl (C=O) groups is 1. The van der Waals surface area contributed by atoms with Crippen LogP contribution in [0.15, 0.2) is 30.3 Å². The number of nitrogens with zero attached hydrogens (tertiary/aromatic N) is 1. The van der Waals surface area contributed by atoms with Crippen molar-refractivity contribution in [2.75, 3.05) is 13.1 Å². The number of benzene rings is 1. The number of hydrogen-bond acceptors (Lipinski definition) is 2. The number of thiophene rings is 1. The highest BCUT2D eigenvalue weighted by Crippen LogP contribution is 2.31. The first-order valence-corrected chi connectivity index (χ1v) is 7.87. The monoisotopic (exact) mass is 273 g/mol. The molecule has 1 saturated carbocycles. The van der Waals surface area contributed by atoms with Crippen LogP contribution in [0.4, 0.5) is 0 Å². The Kier molecular flexibility index (Phi) is 3.56. The molecule has 0 radical (unpaired) electrons. The first-order valence-electron chi connectivity index (χ1n) is 7.05. The first-order chi connectivity index (χ1) is 9.28. The molecular weight excluding hydrogens is 254 g/mol. The number of amides is 1. The van der Waals surface area contributed by atoms with Crippen molar-refractivity contribution in [3.8, 4) is 0 Å². The van der Waals surface area contributed by atoms with E-state index in [1.807, 2.05) is 23.1 Å². The second kappa shape index (κ2) is 5.33. The van der Waals surface area contributed by atoms with E-state index < -0.39 is 0 Å². The zero-order valence-corrected chi connectivity index (χ0v) is 12.1. The molecule has 2 aromatic rings. The summed E-state index contributed by atoms with van der Waals surface area (Å²) in [5, 5.41) is 1.18. The zero-order valence-electron chi connectivity index (χ0n) is 11.3. The van der Waals surface area contributed by atoms with E-state index in [0.717, 1.165) is 30.3 Å². The quantitative estimate of drug-likeness (QED) is 0.801. The SMILES string of the molecule is CCCN(CC1CC1)C(=O)c1cc2ccccc2s1. The Morgan fingerprint density at radius 2 is 2.16 bits per heavy atom.